The molecule has 0 radical (unpaired) electrons. The quantitative estimate of drug-likeness (QED) is 0.0764. The van der Waals surface area contributed by atoms with Crippen molar-refractivity contribution in [1.82, 2.24) is 0 Å². The molecule has 40 heavy (non-hydrogen) atoms. The van der Waals surface area contributed by atoms with Gasteiger partial charge in [0.1, 0.15) is 0 Å². The van der Waals surface area contributed by atoms with Gasteiger partial charge in [-0.15, -0.1) is 0 Å². The summed E-state index contributed by atoms with van der Waals surface area (Å²) in [5, 5.41) is 25.5. The van der Waals surface area contributed by atoms with Crippen LogP contribution >= 0.6 is 0 Å². The molecule has 0 heterocycles. The molecule has 0 unspecified atom stereocenters. The van der Waals surface area contributed by atoms with Crippen molar-refractivity contribution in [1.29, 1.82) is 0 Å². The summed E-state index contributed by atoms with van der Waals surface area (Å²) < 4.78 is 0. The molecule has 0 bridgehead atoms. The maximum Gasteiger partial charge on any atom is 0.336 e. The van der Waals surface area contributed by atoms with E-state index in [4.69, 9.17) is 11.1 Å². The monoisotopic (exact) mass is 530 g/mol. The van der Waals surface area contributed by atoms with Crippen molar-refractivity contribution in [3.63, 3.8) is 0 Å². The van der Waals surface area contributed by atoms with Crippen molar-refractivity contribution in [2.75, 3.05) is 0 Å². The Morgan fingerprint density at radius 2 is 0.925 bits per heavy atom. The van der Waals surface area contributed by atoms with Gasteiger partial charge in [-0.3, -0.25) is 0 Å². The second-order valence-electron chi connectivity index (χ2n) is 8.02. The first-order valence-electron chi connectivity index (χ1n) is 11.7. The van der Waals surface area contributed by atoms with Crippen LogP contribution in [-0.2, 0) is 9.59 Å². The van der Waals surface area contributed by atoms with E-state index in [1.165, 1.54) is 18.2 Å². The third-order valence-corrected chi connectivity index (χ3v) is 5.36. The fourth-order valence-electron chi connectivity index (χ4n) is 3.49. The van der Waals surface area contributed by atoms with Gasteiger partial charge in [-0.25, -0.2) is 9.59 Å². The molecule has 2 N–H and O–H groups in total. The van der Waals surface area contributed by atoms with Gasteiger partial charge in [0.2, 0.25) is 0 Å². The lowest BCUT2D eigenvalue weighted by molar-refractivity contribution is -0.131. The zero-order valence-electron chi connectivity index (χ0n) is 20.9. The molecule has 0 aliphatic heterocycles. The van der Waals surface area contributed by atoms with E-state index in [1.807, 2.05) is 48.5 Å². The van der Waals surface area contributed by atoms with Crippen molar-refractivity contribution >= 4 is 46.6 Å². The predicted octanol–water partition coefficient (Wildman–Crippen LogP) is 8.51. The molecule has 0 atom stereocenters. The molecule has 10 nitrogen and oxygen atoms in total. The standard InChI is InChI=1S/C15H10N6O2.C15H12O2/c16-20-18-12-5-1-10(2-6-12)9-14(15(22)23)11-3-7-13(8-4-11)19-21-17;16-15(17)14(13-9-5-2-6-10-13)11-12-7-3-1-4-8-12/h1-9H,(H,22,23);1-11H,(H,16,17). The molecule has 0 amide bonds. The first-order chi connectivity index (χ1) is 19.4. The molecular weight excluding hydrogens is 508 g/mol. The number of nitrogens with zero attached hydrogens (tertiary/aromatic N) is 6. The molecule has 10 heteroatoms. The Balaban J connectivity index is 0.000000230. The Morgan fingerprint density at radius 3 is 1.35 bits per heavy atom. The summed E-state index contributed by atoms with van der Waals surface area (Å²) in [7, 11) is 0. The topological polar surface area (TPSA) is 172 Å². The van der Waals surface area contributed by atoms with Crippen molar-refractivity contribution in [3.05, 3.63) is 152 Å². The predicted molar refractivity (Wildman–Crippen MR) is 154 cm³/mol. The van der Waals surface area contributed by atoms with Crippen LogP contribution in [0.15, 0.2) is 119 Å². The molecule has 0 saturated carbocycles. The summed E-state index contributed by atoms with van der Waals surface area (Å²) in [4.78, 5) is 28.0. The average molecular weight is 531 g/mol. The Labute approximate surface area is 229 Å². The van der Waals surface area contributed by atoms with Gasteiger partial charge in [0, 0.05) is 21.2 Å². The zero-order chi connectivity index (χ0) is 28.7. The molecule has 0 fully saturated rings. The molecule has 0 saturated heterocycles. The van der Waals surface area contributed by atoms with Crippen LogP contribution in [0.3, 0.4) is 0 Å². The van der Waals surface area contributed by atoms with Crippen LogP contribution in [0.1, 0.15) is 22.3 Å². The summed E-state index contributed by atoms with van der Waals surface area (Å²) in [5.74, 6) is -2.00. The van der Waals surface area contributed by atoms with Crippen molar-refractivity contribution in [2.24, 2.45) is 10.2 Å². The summed E-state index contributed by atoms with van der Waals surface area (Å²) in [5.41, 5.74) is 20.7. The minimum absolute atomic E-state index is 0.0917. The lowest BCUT2D eigenvalue weighted by Crippen LogP contribution is -1.99. The molecule has 0 aromatic heterocycles. The van der Waals surface area contributed by atoms with Gasteiger partial charge in [0.05, 0.1) is 11.1 Å². The lowest BCUT2D eigenvalue weighted by Gasteiger charge is -2.04. The van der Waals surface area contributed by atoms with Crippen molar-refractivity contribution < 1.29 is 19.8 Å². The summed E-state index contributed by atoms with van der Waals surface area (Å²) in [6.07, 6.45) is 3.18. The van der Waals surface area contributed by atoms with Crippen molar-refractivity contribution in [2.45, 2.75) is 0 Å². The van der Waals surface area contributed by atoms with Crippen LogP contribution in [-0.4, -0.2) is 22.2 Å². The Bertz CT molecular complexity index is 1620. The zero-order valence-corrected chi connectivity index (χ0v) is 20.9. The van der Waals surface area contributed by atoms with E-state index in [1.54, 1.807) is 54.6 Å². The molecule has 196 valence electrons. The van der Waals surface area contributed by atoms with Crippen LogP contribution in [0.2, 0.25) is 0 Å². The molecule has 4 rings (SSSR count). The van der Waals surface area contributed by atoms with E-state index in [0.29, 0.717) is 33.6 Å². The highest BCUT2D eigenvalue weighted by Gasteiger charge is 2.11. The number of benzene rings is 4. The molecular formula is C30H22N6O4. The SMILES string of the molecule is O=C(O)C(=Cc1ccccc1)c1ccccc1.[N-]=[N+]=Nc1ccc(C=C(C(=O)O)c2ccc(N=[N+]=[N-])cc2)cc1. The van der Waals surface area contributed by atoms with Gasteiger partial charge < -0.3 is 10.2 Å². The summed E-state index contributed by atoms with van der Waals surface area (Å²) >= 11 is 0. The maximum atomic E-state index is 11.5. The van der Waals surface area contributed by atoms with E-state index in [2.05, 4.69) is 20.1 Å². The maximum absolute atomic E-state index is 11.5. The number of aliphatic carboxylic acids is 2. The highest BCUT2D eigenvalue weighted by Crippen LogP contribution is 2.23. The fourth-order valence-corrected chi connectivity index (χ4v) is 3.49. The lowest BCUT2D eigenvalue weighted by atomic mass is 10.0. The van der Waals surface area contributed by atoms with E-state index in [-0.39, 0.29) is 5.57 Å². The van der Waals surface area contributed by atoms with Gasteiger partial charge in [-0.1, -0.05) is 119 Å². The molecule has 4 aromatic rings. The Hall–Kier alpha value is -6.08. The first-order valence-corrected chi connectivity index (χ1v) is 11.7. The van der Waals surface area contributed by atoms with Crippen LogP contribution < -0.4 is 0 Å². The third-order valence-electron chi connectivity index (χ3n) is 5.36. The van der Waals surface area contributed by atoms with Crippen molar-refractivity contribution in [3.8, 4) is 0 Å². The largest absolute Gasteiger partial charge is 0.478 e. The van der Waals surface area contributed by atoms with Gasteiger partial charge in [-0.05, 0) is 45.5 Å². The second kappa shape index (κ2) is 14.6. The second-order valence-corrected chi connectivity index (χ2v) is 8.02. The summed E-state index contributed by atoms with van der Waals surface area (Å²) in [6, 6.07) is 31.3. The van der Waals surface area contributed by atoms with Gasteiger partial charge in [0.15, 0.2) is 0 Å². The number of azide groups is 2. The van der Waals surface area contributed by atoms with Crippen LogP contribution in [0, 0.1) is 0 Å². The number of hydrogen-bond acceptors (Lipinski definition) is 4. The minimum atomic E-state index is -1.08. The van der Waals surface area contributed by atoms with E-state index in [9.17, 15) is 19.8 Å². The number of carboxylic acid groups (broad SMARTS) is 2. The number of hydrogen-bond donors (Lipinski definition) is 2. The molecule has 0 spiro atoms. The van der Waals surface area contributed by atoms with E-state index >= 15 is 0 Å². The average Bonchev–Trinajstić information content (AvgIpc) is 2.97. The number of carboxylic acids is 2. The Kier molecular flexibility index (Phi) is 10.4. The molecule has 4 aromatic carbocycles. The normalized spacial score (nSPS) is 10.7. The van der Waals surface area contributed by atoms with E-state index in [0.717, 1.165) is 5.56 Å². The Morgan fingerprint density at radius 1 is 0.550 bits per heavy atom. The van der Waals surface area contributed by atoms with Gasteiger partial charge in [-0.2, -0.15) is 0 Å². The van der Waals surface area contributed by atoms with Crippen LogP contribution in [0.25, 0.3) is 44.2 Å². The highest BCUT2D eigenvalue weighted by atomic mass is 16.4. The highest BCUT2D eigenvalue weighted by molar-refractivity contribution is 6.21. The minimum Gasteiger partial charge on any atom is -0.478 e. The van der Waals surface area contributed by atoms with Gasteiger partial charge in [0.25, 0.3) is 0 Å². The fraction of sp³-hybridized carbons (Fsp3) is 0. The number of carbonyl (C=O) groups is 2. The summed E-state index contributed by atoms with van der Waals surface area (Å²) in [6.45, 7) is 0. The van der Waals surface area contributed by atoms with Gasteiger partial charge >= 0.3 is 11.9 Å². The smallest absolute Gasteiger partial charge is 0.336 e. The van der Waals surface area contributed by atoms with E-state index < -0.39 is 11.9 Å². The first kappa shape index (κ1) is 28.5. The third kappa shape index (κ3) is 8.50. The molecule has 0 aliphatic carbocycles. The van der Waals surface area contributed by atoms with Crippen LogP contribution in [0.5, 0.6) is 0 Å². The molecule has 0 aliphatic rings. The number of rotatable bonds is 8. The van der Waals surface area contributed by atoms with Crippen LogP contribution in [0.4, 0.5) is 11.4 Å².